The fourth-order valence-electron chi connectivity index (χ4n) is 1.67. The number of rotatable bonds is 2. The van der Waals surface area contributed by atoms with Crippen LogP contribution in [0.5, 0.6) is 0 Å². The zero-order valence-corrected chi connectivity index (χ0v) is 13.0. The summed E-state index contributed by atoms with van der Waals surface area (Å²) in [6, 6.07) is 10.3. The Morgan fingerprint density at radius 2 is 1.44 bits per heavy atom. The Morgan fingerprint density at radius 1 is 0.889 bits per heavy atom. The van der Waals surface area contributed by atoms with Crippen LogP contribution in [0.4, 0.5) is 0 Å². The topological polar surface area (TPSA) is 26.0 Å². The lowest BCUT2D eigenvalue weighted by atomic mass is 10.00. The molecule has 94 valence electrons. The van der Waals surface area contributed by atoms with E-state index < -0.39 is 0 Å². The average molecular weight is 365 g/mol. The molecule has 0 aromatic heterocycles. The molecule has 18 heavy (non-hydrogen) atoms. The minimum Gasteiger partial charge on any atom is -0.320 e. The number of halogens is 4. The molecule has 5 heteroatoms. The zero-order valence-electron chi connectivity index (χ0n) is 9.13. The largest absolute Gasteiger partial charge is 0.320 e. The van der Waals surface area contributed by atoms with E-state index in [1.54, 1.807) is 24.3 Å². The molecule has 0 spiro atoms. The van der Waals surface area contributed by atoms with E-state index in [2.05, 4.69) is 15.9 Å². The quantitative estimate of drug-likeness (QED) is 0.752. The van der Waals surface area contributed by atoms with Crippen LogP contribution in [0.3, 0.4) is 0 Å². The van der Waals surface area contributed by atoms with Gasteiger partial charge in [-0.15, -0.1) is 0 Å². The summed E-state index contributed by atoms with van der Waals surface area (Å²) in [5.74, 6) is 0. The predicted octanol–water partition coefficient (Wildman–Crippen LogP) is 5.46. The Bertz CT molecular complexity index is 535. The molecule has 0 fully saturated rings. The van der Waals surface area contributed by atoms with Gasteiger partial charge in [0.2, 0.25) is 0 Å². The Labute approximate surface area is 129 Å². The highest BCUT2D eigenvalue weighted by molar-refractivity contribution is 9.10. The maximum Gasteiger partial charge on any atom is 0.0578 e. The van der Waals surface area contributed by atoms with Crippen molar-refractivity contribution in [3.05, 3.63) is 67.1 Å². The van der Waals surface area contributed by atoms with Gasteiger partial charge in [-0.1, -0.05) is 50.7 Å². The van der Waals surface area contributed by atoms with Gasteiger partial charge in [0.25, 0.3) is 0 Å². The Kier molecular flexibility index (Phi) is 4.57. The van der Waals surface area contributed by atoms with Crippen LogP contribution < -0.4 is 5.73 Å². The van der Waals surface area contributed by atoms with Gasteiger partial charge in [0.1, 0.15) is 0 Å². The summed E-state index contributed by atoms with van der Waals surface area (Å²) >= 11 is 21.6. The second-order valence-corrected chi connectivity index (χ2v) is 5.94. The number of hydrogen-bond donors (Lipinski definition) is 1. The molecule has 0 aliphatic heterocycles. The summed E-state index contributed by atoms with van der Waals surface area (Å²) in [7, 11) is 0. The van der Waals surface area contributed by atoms with Gasteiger partial charge in [0.05, 0.1) is 6.04 Å². The minimum atomic E-state index is -0.385. The van der Waals surface area contributed by atoms with Gasteiger partial charge in [-0.2, -0.15) is 0 Å². The van der Waals surface area contributed by atoms with Crippen LogP contribution in [0.2, 0.25) is 15.1 Å². The highest BCUT2D eigenvalue weighted by Gasteiger charge is 2.16. The molecular formula is C13H9BrCl3N. The second kappa shape index (κ2) is 5.81. The van der Waals surface area contributed by atoms with Crippen molar-refractivity contribution in [1.82, 2.24) is 0 Å². The Hall–Kier alpha value is -0.250. The maximum absolute atomic E-state index is 6.22. The molecule has 2 aromatic carbocycles. The third kappa shape index (κ3) is 3.01. The van der Waals surface area contributed by atoms with Gasteiger partial charge in [-0.05, 0) is 47.5 Å². The summed E-state index contributed by atoms with van der Waals surface area (Å²) in [5, 5.41) is 1.81. The van der Waals surface area contributed by atoms with Gasteiger partial charge < -0.3 is 5.73 Å². The van der Waals surface area contributed by atoms with Crippen LogP contribution in [-0.4, -0.2) is 0 Å². The number of nitrogens with two attached hydrogens (primary N) is 1. The van der Waals surface area contributed by atoms with Crippen molar-refractivity contribution < 1.29 is 0 Å². The van der Waals surface area contributed by atoms with Gasteiger partial charge in [-0.25, -0.2) is 0 Å². The van der Waals surface area contributed by atoms with Crippen molar-refractivity contribution in [2.45, 2.75) is 6.04 Å². The summed E-state index contributed by atoms with van der Waals surface area (Å²) in [6.45, 7) is 0. The van der Waals surface area contributed by atoms with Crippen molar-refractivity contribution in [1.29, 1.82) is 0 Å². The molecular weight excluding hydrogens is 356 g/mol. The standard InChI is InChI=1S/C13H9BrCl3N/c14-11-3-1-7(15)5-9(11)13(18)10-6-8(16)2-4-12(10)17/h1-6,13H,18H2. The SMILES string of the molecule is NC(c1cc(Cl)ccc1Cl)c1cc(Cl)ccc1Br. The molecule has 1 atom stereocenters. The maximum atomic E-state index is 6.22. The molecule has 0 bridgehead atoms. The highest BCUT2D eigenvalue weighted by atomic mass is 79.9. The van der Waals surface area contributed by atoms with E-state index >= 15 is 0 Å². The molecule has 0 heterocycles. The molecule has 1 unspecified atom stereocenters. The lowest BCUT2D eigenvalue weighted by molar-refractivity contribution is 0.866. The molecule has 2 rings (SSSR count). The van der Waals surface area contributed by atoms with Crippen LogP contribution in [0.15, 0.2) is 40.9 Å². The smallest absolute Gasteiger partial charge is 0.0578 e. The number of benzene rings is 2. The van der Waals surface area contributed by atoms with Crippen molar-refractivity contribution in [2.24, 2.45) is 5.73 Å². The number of hydrogen-bond acceptors (Lipinski definition) is 1. The van der Waals surface area contributed by atoms with E-state index in [9.17, 15) is 0 Å². The lowest BCUT2D eigenvalue weighted by Gasteiger charge is -2.16. The summed E-state index contributed by atoms with van der Waals surface area (Å²) in [5.41, 5.74) is 7.86. The fourth-order valence-corrected chi connectivity index (χ4v) is 2.76. The molecule has 0 amide bonds. The first-order chi connectivity index (χ1) is 8.49. The van der Waals surface area contributed by atoms with E-state index in [1.165, 1.54) is 0 Å². The van der Waals surface area contributed by atoms with Gasteiger partial charge in [0.15, 0.2) is 0 Å². The van der Waals surface area contributed by atoms with Crippen LogP contribution in [0, 0.1) is 0 Å². The highest BCUT2D eigenvalue weighted by Crippen LogP contribution is 2.33. The average Bonchev–Trinajstić information content (AvgIpc) is 2.34. The Morgan fingerprint density at radius 3 is 2.11 bits per heavy atom. The molecule has 0 saturated carbocycles. The van der Waals surface area contributed by atoms with E-state index in [0.29, 0.717) is 15.1 Å². The van der Waals surface area contributed by atoms with Crippen LogP contribution in [-0.2, 0) is 0 Å². The van der Waals surface area contributed by atoms with Crippen LogP contribution in [0.1, 0.15) is 17.2 Å². The second-order valence-electron chi connectivity index (χ2n) is 3.81. The molecule has 0 saturated heterocycles. The van der Waals surface area contributed by atoms with Crippen LogP contribution >= 0.6 is 50.7 Å². The minimum absolute atomic E-state index is 0.385. The molecule has 1 nitrogen and oxygen atoms in total. The van der Waals surface area contributed by atoms with Gasteiger partial charge in [0, 0.05) is 19.5 Å². The zero-order chi connectivity index (χ0) is 13.3. The fraction of sp³-hybridized carbons (Fsp3) is 0.0769. The Balaban J connectivity index is 2.50. The van der Waals surface area contributed by atoms with Gasteiger partial charge in [-0.3, -0.25) is 0 Å². The van der Waals surface area contributed by atoms with Crippen molar-refractivity contribution in [2.75, 3.05) is 0 Å². The third-order valence-corrected chi connectivity index (χ3v) is 4.12. The first kappa shape index (κ1) is 14.2. The molecule has 0 aliphatic carbocycles. The lowest BCUT2D eigenvalue weighted by Crippen LogP contribution is -2.13. The molecule has 0 radical (unpaired) electrons. The first-order valence-corrected chi connectivity index (χ1v) is 7.07. The normalized spacial score (nSPS) is 12.5. The summed E-state index contributed by atoms with van der Waals surface area (Å²) in [4.78, 5) is 0. The van der Waals surface area contributed by atoms with E-state index in [-0.39, 0.29) is 6.04 Å². The molecule has 2 aromatic rings. The van der Waals surface area contributed by atoms with E-state index in [1.807, 2.05) is 12.1 Å². The van der Waals surface area contributed by atoms with E-state index in [4.69, 9.17) is 40.5 Å². The van der Waals surface area contributed by atoms with Crippen molar-refractivity contribution in [3.63, 3.8) is 0 Å². The van der Waals surface area contributed by atoms with Crippen molar-refractivity contribution in [3.8, 4) is 0 Å². The van der Waals surface area contributed by atoms with Crippen LogP contribution in [0.25, 0.3) is 0 Å². The predicted molar refractivity (Wildman–Crippen MR) is 81.6 cm³/mol. The van der Waals surface area contributed by atoms with E-state index in [0.717, 1.165) is 15.6 Å². The van der Waals surface area contributed by atoms with Crippen molar-refractivity contribution >= 4 is 50.7 Å². The van der Waals surface area contributed by atoms with Gasteiger partial charge >= 0.3 is 0 Å². The molecule has 2 N–H and O–H groups in total. The third-order valence-electron chi connectivity index (χ3n) is 2.59. The molecule has 0 aliphatic rings. The first-order valence-electron chi connectivity index (χ1n) is 5.14. The monoisotopic (exact) mass is 363 g/mol. The summed E-state index contributed by atoms with van der Waals surface area (Å²) in [6.07, 6.45) is 0. The summed E-state index contributed by atoms with van der Waals surface area (Å²) < 4.78 is 0.885.